The molecule has 3 heteroatoms. The first kappa shape index (κ1) is 12.4. The van der Waals surface area contributed by atoms with Crippen molar-refractivity contribution in [2.24, 2.45) is 11.8 Å². The summed E-state index contributed by atoms with van der Waals surface area (Å²) in [5, 5.41) is 1.29. The Kier molecular flexibility index (Phi) is 3.23. The molecule has 2 aromatic heterocycles. The lowest BCUT2D eigenvalue weighted by Crippen LogP contribution is -2.37. The van der Waals surface area contributed by atoms with Crippen molar-refractivity contribution in [1.29, 1.82) is 0 Å². The van der Waals surface area contributed by atoms with E-state index < -0.39 is 0 Å². The monoisotopic (exact) mass is 269 g/mol. The van der Waals surface area contributed by atoms with Crippen molar-refractivity contribution in [3.63, 3.8) is 0 Å². The van der Waals surface area contributed by atoms with Gasteiger partial charge in [0.25, 0.3) is 0 Å². The minimum atomic E-state index is 1.02. The molecule has 0 spiro atoms. The average molecular weight is 269 g/mol. The van der Waals surface area contributed by atoms with Crippen LogP contribution in [0, 0.1) is 11.8 Å². The van der Waals surface area contributed by atoms with Gasteiger partial charge in [0.05, 0.1) is 0 Å². The van der Waals surface area contributed by atoms with E-state index in [4.69, 9.17) is 0 Å². The molecular formula is C17H23N3. The molecule has 106 valence electrons. The van der Waals surface area contributed by atoms with E-state index in [2.05, 4.69) is 27.0 Å². The highest BCUT2D eigenvalue weighted by Crippen LogP contribution is 2.38. The molecule has 1 saturated carbocycles. The van der Waals surface area contributed by atoms with Gasteiger partial charge in [-0.2, -0.15) is 0 Å². The second-order valence-corrected chi connectivity index (χ2v) is 6.51. The maximum absolute atomic E-state index is 4.37. The van der Waals surface area contributed by atoms with Crippen molar-refractivity contribution in [2.45, 2.75) is 38.6 Å². The van der Waals surface area contributed by atoms with Gasteiger partial charge in [0.15, 0.2) is 0 Å². The number of nitrogens with zero attached hydrogens (tertiary/aromatic N) is 2. The molecule has 2 aliphatic rings. The predicted octanol–water partition coefficient (Wildman–Crippen LogP) is 3.58. The highest BCUT2D eigenvalue weighted by Gasteiger charge is 2.30. The molecule has 1 aliphatic heterocycles. The number of piperidine rings is 1. The Bertz CT molecular complexity index is 577. The highest BCUT2D eigenvalue weighted by atomic mass is 15.1. The fourth-order valence-electron chi connectivity index (χ4n) is 3.89. The first-order valence-corrected chi connectivity index (χ1v) is 8.03. The van der Waals surface area contributed by atoms with Crippen LogP contribution < -0.4 is 0 Å². The molecule has 1 saturated heterocycles. The molecule has 0 atom stereocenters. The van der Waals surface area contributed by atoms with Gasteiger partial charge >= 0.3 is 0 Å². The van der Waals surface area contributed by atoms with Crippen LogP contribution in [0.1, 0.15) is 37.7 Å². The Morgan fingerprint density at radius 1 is 1.10 bits per heavy atom. The molecule has 3 nitrogen and oxygen atoms in total. The zero-order valence-corrected chi connectivity index (χ0v) is 12.0. The van der Waals surface area contributed by atoms with Gasteiger partial charge in [-0.05, 0) is 55.5 Å². The molecular weight excluding hydrogens is 246 g/mol. The largest absolute Gasteiger partial charge is 0.346 e. The van der Waals surface area contributed by atoms with E-state index in [0.29, 0.717) is 0 Å². The van der Waals surface area contributed by atoms with Gasteiger partial charge in [-0.1, -0.05) is 19.3 Å². The van der Waals surface area contributed by atoms with Crippen molar-refractivity contribution in [3.05, 3.63) is 30.1 Å². The van der Waals surface area contributed by atoms with E-state index in [-0.39, 0.29) is 0 Å². The lowest BCUT2D eigenvalue weighted by molar-refractivity contribution is 0.104. The smallest absolute Gasteiger partial charge is 0.137 e. The molecule has 0 amide bonds. The van der Waals surface area contributed by atoms with E-state index in [0.717, 1.165) is 24.0 Å². The maximum Gasteiger partial charge on any atom is 0.137 e. The summed E-state index contributed by atoms with van der Waals surface area (Å²) in [4.78, 5) is 10.2. The number of nitrogens with one attached hydrogen (secondary N) is 1. The molecule has 1 aliphatic carbocycles. The fraction of sp³-hybridized carbons (Fsp3) is 0.588. The van der Waals surface area contributed by atoms with Gasteiger partial charge in [0.2, 0.25) is 0 Å². The lowest BCUT2D eigenvalue weighted by Gasteiger charge is -2.40. The third-order valence-corrected chi connectivity index (χ3v) is 5.39. The third kappa shape index (κ3) is 2.24. The number of aromatic amines is 1. The van der Waals surface area contributed by atoms with E-state index in [1.807, 2.05) is 12.4 Å². The van der Waals surface area contributed by atoms with E-state index >= 15 is 0 Å². The topological polar surface area (TPSA) is 31.9 Å². The van der Waals surface area contributed by atoms with Crippen molar-refractivity contribution >= 4 is 11.0 Å². The van der Waals surface area contributed by atoms with Gasteiger partial charge in [0, 0.05) is 24.3 Å². The molecule has 1 N–H and O–H groups in total. The Hall–Kier alpha value is -1.35. The number of rotatable bonds is 3. The number of likely N-dealkylation sites (tertiary alicyclic amines) is 1. The SMILES string of the molecule is c1cc(CN2CCC(C3CCC3)CC2)c2cc[nH]c2n1. The Balaban J connectivity index is 1.41. The number of fused-ring (bicyclic) bond motifs is 1. The molecule has 2 aromatic rings. The lowest BCUT2D eigenvalue weighted by atomic mass is 9.72. The molecule has 0 radical (unpaired) electrons. The van der Waals surface area contributed by atoms with E-state index in [1.165, 1.54) is 56.1 Å². The molecule has 4 rings (SSSR count). The van der Waals surface area contributed by atoms with Gasteiger partial charge in [-0.15, -0.1) is 0 Å². The standard InChI is InChI=1S/C17H23N3/c1-2-13(3-1)14-6-10-20(11-7-14)12-15-4-8-18-17-16(15)5-9-19-17/h4-5,8-9,13-14H,1-3,6-7,10-12H2,(H,18,19). The number of hydrogen-bond donors (Lipinski definition) is 1. The van der Waals surface area contributed by atoms with Crippen LogP contribution in [-0.2, 0) is 6.54 Å². The van der Waals surface area contributed by atoms with Crippen LogP contribution in [0.2, 0.25) is 0 Å². The minimum Gasteiger partial charge on any atom is -0.346 e. The van der Waals surface area contributed by atoms with Crippen LogP contribution in [0.25, 0.3) is 11.0 Å². The molecule has 3 heterocycles. The molecule has 0 bridgehead atoms. The van der Waals surface area contributed by atoms with Crippen molar-refractivity contribution in [3.8, 4) is 0 Å². The van der Waals surface area contributed by atoms with Gasteiger partial charge < -0.3 is 4.98 Å². The van der Waals surface area contributed by atoms with Crippen LogP contribution >= 0.6 is 0 Å². The maximum atomic E-state index is 4.37. The second-order valence-electron chi connectivity index (χ2n) is 6.51. The summed E-state index contributed by atoms with van der Waals surface area (Å²) in [6.07, 6.45) is 11.2. The average Bonchev–Trinajstić information content (AvgIpc) is 2.88. The quantitative estimate of drug-likeness (QED) is 0.923. The highest BCUT2D eigenvalue weighted by molar-refractivity contribution is 5.79. The van der Waals surface area contributed by atoms with Crippen LogP contribution in [0.5, 0.6) is 0 Å². The summed E-state index contributed by atoms with van der Waals surface area (Å²) < 4.78 is 0. The third-order valence-electron chi connectivity index (χ3n) is 5.39. The van der Waals surface area contributed by atoms with Gasteiger partial charge in [-0.3, -0.25) is 4.90 Å². The number of aromatic nitrogens is 2. The zero-order valence-electron chi connectivity index (χ0n) is 12.0. The molecule has 20 heavy (non-hydrogen) atoms. The fourth-order valence-corrected chi connectivity index (χ4v) is 3.89. The molecule has 2 fully saturated rings. The Labute approximate surface area is 120 Å². The Morgan fingerprint density at radius 2 is 1.90 bits per heavy atom. The second kappa shape index (κ2) is 5.21. The summed E-state index contributed by atoms with van der Waals surface area (Å²) in [6, 6.07) is 4.33. The van der Waals surface area contributed by atoms with Crippen molar-refractivity contribution in [1.82, 2.24) is 14.9 Å². The number of H-pyrrole nitrogens is 1. The summed E-state index contributed by atoms with van der Waals surface area (Å²) in [5.41, 5.74) is 2.44. The van der Waals surface area contributed by atoms with Gasteiger partial charge in [-0.25, -0.2) is 4.98 Å². The normalized spacial score (nSPS) is 22.2. The van der Waals surface area contributed by atoms with Gasteiger partial charge in [0.1, 0.15) is 5.65 Å². The van der Waals surface area contributed by atoms with Crippen molar-refractivity contribution < 1.29 is 0 Å². The summed E-state index contributed by atoms with van der Waals surface area (Å²) >= 11 is 0. The summed E-state index contributed by atoms with van der Waals surface area (Å²) in [6.45, 7) is 3.62. The first-order valence-electron chi connectivity index (χ1n) is 8.03. The minimum absolute atomic E-state index is 1.02. The molecule has 0 aromatic carbocycles. The van der Waals surface area contributed by atoms with Crippen LogP contribution in [0.4, 0.5) is 0 Å². The summed E-state index contributed by atoms with van der Waals surface area (Å²) in [5.74, 6) is 2.08. The Morgan fingerprint density at radius 3 is 2.65 bits per heavy atom. The van der Waals surface area contributed by atoms with Crippen molar-refractivity contribution in [2.75, 3.05) is 13.1 Å². The zero-order chi connectivity index (χ0) is 13.4. The van der Waals surface area contributed by atoms with Crippen LogP contribution in [0.3, 0.4) is 0 Å². The van der Waals surface area contributed by atoms with E-state index in [9.17, 15) is 0 Å². The number of pyridine rings is 1. The summed E-state index contributed by atoms with van der Waals surface area (Å²) in [7, 11) is 0. The van der Waals surface area contributed by atoms with Crippen LogP contribution in [0.15, 0.2) is 24.5 Å². The van der Waals surface area contributed by atoms with E-state index in [1.54, 1.807) is 0 Å². The number of hydrogen-bond acceptors (Lipinski definition) is 2. The first-order chi connectivity index (χ1) is 9.90. The molecule has 0 unspecified atom stereocenters. The predicted molar refractivity (Wildman–Crippen MR) is 81.4 cm³/mol. The van der Waals surface area contributed by atoms with Crippen LogP contribution in [-0.4, -0.2) is 28.0 Å².